The largest absolute Gasteiger partial charge is 0.377 e. The first kappa shape index (κ1) is 15.5. The molecule has 6 heteroatoms. The van der Waals surface area contributed by atoms with E-state index in [1.807, 2.05) is 4.68 Å². The molecule has 6 nitrogen and oxygen atoms in total. The summed E-state index contributed by atoms with van der Waals surface area (Å²) < 4.78 is 7.67. The van der Waals surface area contributed by atoms with Gasteiger partial charge in [0, 0.05) is 26.2 Å². The number of carbonyl (C=O) groups excluding carboxylic acids is 1. The number of carbonyl (C=O) groups is 1. The SMILES string of the molecule is CC[C@H]1OCCC[C@H]1C(=O)N1CCC(Cn2cncn2)CC1. The molecule has 1 aromatic rings. The number of hydrogen-bond acceptors (Lipinski definition) is 4. The van der Waals surface area contributed by atoms with E-state index in [2.05, 4.69) is 21.9 Å². The van der Waals surface area contributed by atoms with Crippen LogP contribution in [0.3, 0.4) is 0 Å². The predicted molar refractivity (Wildman–Crippen MR) is 82.1 cm³/mol. The van der Waals surface area contributed by atoms with E-state index in [0.29, 0.717) is 11.8 Å². The van der Waals surface area contributed by atoms with Gasteiger partial charge in [0.25, 0.3) is 0 Å². The Balaban J connectivity index is 1.51. The number of hydrogen-bond donors (Lipinski definition) is 0. The van der Waals surface area contributed by atoms with Crippen molar-refractivity contribution in [1.82, 2.24) is 19.7 Å². The van der Waals surface area contributed by atoms with Crippen molar-refractivity contribution in [2.45, 2.75) is 51.7 Å². The Morgan fingerprint density at radius 2 is 2.14 bits per heavy atom. The van der Waals surface area contributed by atoms with Crippen molar-refractivity contribution < 1.29 is 9.53 Å². The third-order valence-corrected chi connectivity index (χ3v) is 5.00. The molecule has 2 aliphatic rings. The van der Waals surface area contributed by atoms with E-state index in [4.69, 9.17) is 4.74 Å². The maximum absolute atomic E-state index is 12.8. The molecule has 2 saturated heterocycles. The number of piperidine rings is 1. The van der Waals surface area contributed by atoms with E-state index in [0.717, 1.165) is 58.3 Å². The summed E-state index contributed by atoms with van der Waals surface area (Å²) in [5.74, 6) is 0.978. The fourth-order valence-electron chi connectivity index (χ4n) is 3.69. The predicted octanol–water partition coefficient (Wildman–Crippen LogP) is 1.72. The maximum atomic E-state index is 12.8. The van der Waals surface area contributed by atoms with Gasteiger partial charge in [0.1, 0.15) is 12.7 Å². The van der Waals surface area contributed by atoms with E-state index < -0.39 is 0 Å². The van der Waals surface area contributed by atoms with Crippen molar-refractivity contribution in [2.24, 2.45) is 11.8 Å². The second-order valence-corrected chi connectivity index (χ2v) is 6.45. The Morgan fingerprint density at radius 1 is 1.32 bits per heavy atom. The first-order valence-electron chi connectivity index (χ1n) is 8.50. The van der Waals surface area contributed by atoms with Gasteiger partial charge in [0.2, 0.25) is 5.91 Å². The van der Waals surface area contributed by atoms with Gasteiger partial charge in [-0.15, -0.1) is 0 Å². The molecule has 0 radical (unpaired) electrons. The molecule has 2 aliphatic heterocycles. The summed E-state index contributed by atoms with van der Waals surface area (Å²) >= 11 is 0. The molecule has 22 heavy (non-hydrogen) atoms. The van der Waals surface area contributed by atoms with Crippen molar-refractivity contribution in [3.63, 3.8) is 0 Å². The van der Waals surface area contributed by atoms with Gasteiger partial charge in [-0.05, 0) is 38.0 Å². The lowest BCUT2D eigenvalue weighted by molar-refractivity contribution is -0.146. The van der Waals surface area contributed by atoms with Crippen LogP contribution in [0.25, 0.3) is 0 Å². The molecule has 122 valence electrons. The van der Waals surface area contributed by atoms with Gasteiger partial charge in [0.15, 0.2) is 0 Å². The summed E-state index contributed by atoms with van der Waals surface area (Å²) in [6.07, 6.45) is 8.49. The number of aromatic nitrogens is 3. The Morgan fingerprint density at radius 3 is 2.82 bits per heavy atom. The van der Waals surface area contributed by atoms with Crippen LogP contribution in [0.2, 0.25) is 0 Å². The minimum atomic E-state index is 0.0746. The van der Waals surface area contributed by atoms with Crippen LogP contribution in [-0.2, 0) is 16.1 Å². The molecule has 0 spiro atoms. The molecule has 0 N–H and O–H groups in total. The third kappa shape index (κ3) is 3.48. The maximum Gasteiger partial charge on any atom is 0.228 e. The van der Waals surface area contributed by atoms with Crippen LogP contribution in [-0.4, -0.2) is 51.4 Å². The van der Waals surface area contributed by atoms with Gasteiger partial charge in [-0.25, -0.2) is 4.98 Å². The highest BCUT2D eigenvalue weighted by molar-refractivity contribution is 5.79. The van der Waals surface area contributed by atoms with Gasteiger partial charge in [0.05, 0.1) is 12.0 Å². The van der Waals surface area contributed by atoms with Gasteiger partial charge in [-0.1, -0.05) is 6.92 Å². The van der Waals surface area contributed by atoms with Crippen molar-refractivity contribution in [3.8, 4) is 0 Å². The van der Waals surface area contributed by atoms with Gasteiger partial charge < -0.3 is 9.64 Å². The topological polar surface area (TPSA) is 60.2 Å². The molecular weight excluding hydrogens is 280 g/mol. The molecule has 0 unspecified atom stereocenters. The summed E-state index contributed by atoms with van der Waals surface area (Å²) in [5.41, 5.74) is 0. The molecule has 2 atom stereocenters. The Kier molecular flexibility index (Phi) is 5.08. The quantitative estimate of drug-likeness (QED) is 0.850. The lowest BCUT2D eigenvalue weighted by Gasteiger charge is -2.37. The van der Waals surface area contributed by atoms with Crippen molar-refractivity contribution in [2.75, 3.05) is 19.7 Å². The van der Waals surface area contributed by atoms with Crippen LogP contribution in [0.1, 0.15) is 39.0 Å². The zero-order valence-corrected chi connectivity index (χ0v) is 13.4. The number of rotatable bonds is 4. The molecule has 0 saturated carbocycles. The average Bonchev–Trinajstić information content (AvgIpc) is 3.08. The zero-order chi connectivity index (χ0) is 15.4. The number of amides is 1. The standard InChI is InChI=1S/C16H26N4O2/c1-2-15-14(4-3-9-22-15)16(21)19-7-5-13(6-8-19)10-20-12-17-11-18-20/h11-15H,2-10H2,1H3/t14-,15-/m1/s1. The normalized spacial score (nSPS) is 27.0. The van der Waals surface area contributed by atoms with Crippen molar-refractivity contribution >= 4 is 5.91 Å². The van der Waals surface area contributed by atoms with Gasteiger partial charge in [-0.2, -0.15) is 5.10 Å². The second-order valence-electron chi connectivity index (χ2n) is 6.45. The highest BCUT2D eigenvalue weighted by Crippen LogP contribution is 2.27. The summed E-state index contributed by atoms with van der Waals surface area (Å²) in [6, 6.07) is 0. The first-order chi connectivity index (χ1) is 10.8. The highest BCUT2D eigenvalue weighted by atomic mass is 16.5. The molecular formula is C16H26N4O2. The van der Waals surface area contributed by atoms with Crippen LogP contribution in [0.5, 0.6) is 0 Å². The fourth-order valence-corrected chi connectivity index (χ4v) is 3.69. The molecule has 0 aromatic carbocycles. The summed E-state index contributed by atoms with van der Waals surface area (Å²) in [7, 11) is 0. The molecule has 2 fully saturated rings. The number of likely N-dealkylation sites (tertiary alicyclic amines) is 1. The molecule has 1 amide bonds. The summed E-state index contributed by atoms with van der Waals surface area (Å²) in [4.78, 5) is 18.8. The van der Waals surface area contributed by atoms with E-state index in [1.54, 1.807) is 12.7 Å². The van der Waals surface area contributed by atoms with Gasteiger partial charge >= 0.3 is 0 Å². The molecule has 0 bridgehead atoms. The molecule has 1 aromatic heterocycles. The lowest BCUT2D eigenvalue weighted by atomic mass is 9.89. The minimum Gasteiger partial charge on any atom is -0.377 e. The van der Waals surface area contributed by atoms with E-state index >= 15 is 0 Å². The Bertz CT molecular complexity index is 469. The Hall–Kier alpha value is -1.43. The fraction of sp³-hybridized carbons (Fsp3) is 0.812. The van der Waals surface area contributed by atoms with Crippen LogP contribution >= 0.6 is 0 Å². The van der Waals surface area contributed by atoms with Crippen molar-refractivity contribution in [1.29, 1.82) is 0 Å². The van der Waals surface area contributed by atoms with E-state index in [-0.39, 0.29) is 12.0 Å². The third-order valence-electron chi connectivity index (χ3n) is 5.00. The number of ether oxygens (including phenoxy) is 1. The molecule has 0 aliphatic carbocycles. The number of nitrogens with zero attached hydrogens (tertiary/aromatic N) is 4. The van der Waals surface area contributed by atoms with Crippen LogP contribution < -0.4 is 0 Å². The van der Waals surface area contributed by atoms with E-state index in [1.165, 1.54) is 0 Å². The van der Waals surface area contributed by atoms with Crippen LogP contribution in [0.4, 0.5) is 0 Å². The average molecular weight is 306 g/mol. The monoisotopic (exact) mass is 306 g/mol. The summed E-state index contributed by atoms with van der Waals surface area (Å²) in [6.45, 7) is 5.56. The highest BCUT2D eigenvalue weighted by Gasteiger charge is 2.35. The second kappa shape index (κ2) is 7.22. The zero-order valence-electron chi connectivity index (χ0n) is 13.4. The van der Waals surface area contributed by atoms with E-state index in [9.17, 15) is 4.79 Å². The van der Waals surface area contributed by atoms with Crippen LogP contribution in [0.15, 0.2) is 12.7 Å². The molecule has 3 heterocycles. The summed E-state index contributed by atoms with van der Waals surface area (Å²) in [5, 5.41) is 4.17. The van der Waals surface area contributed by atoms with Crippen LogP contribution in [0, 0.1) is 11.8 Å². The molecule has 3 rings (SSSR count). The van der Waals surface area contributed by atoms with Gasteiger partial charge in [-0.3, -0.25) is 9.48 Å². The smallest absolute Gasteiger partial charge is 0.228 e. The minimum absolute atomic E-state index is 0.0746. The lowest BCUT2D eigenvalue weighted by Crippen LogP contribution is -2.47. The van der Waals surface area contributed by atoms with Crippen molar-refractivity contribution in [3.05, 3.63) is 12.7 Å². The Labute approximate surface area is 131 Å². The first-order valence-corrected chi connectivity index (χ1v) is 8.50.